The van der Waals surface area contributed by atoms with Crippen molar-refractivity contribution in [2.75, 3.05) is 7.11 Å². The number of aromatic nitrogens is 1. The molecule has 0 saturated heterocycles. The van der Waals surface area contributed by atoms with Crippen molar-refractivity contribution in [3.05, 3.63) is 51.6 Å². The molecule has 0 unspecified atom stereocenters. The molecule has 0 spiro atoms. The topological polar surface area (TPSA) is 31.4 Å². The average molecular weight is 322 g/mol. The van der Waals surface area contributed by atoms with Gasteiger partial charge in [-0.2, -0.15) is 0 Å². The van der Waals surface area contributed by atoms with Crippen LogP contribution in [0, 0.1) is 13.8 Å². The summed E-state index contributed by atoms with van der Waals surface area (Å²) in [5.41, 5.74) is 3.25. The number of aryl methyl sites for hydroxylation is 2. The maximum Gasteiger partial charge on any atom is 0.219 e. The van der Waals surface area contributed by atoms with Gasteiger partial charge >= 0.3 is 0 Å². The highest BCUT2D eigenvalue weighted by molar-refractivity contribution is 9.10. The van der Waals surface area contributed by atoms with E-state index in [9.17, 15) is 0 Å². The molecule has 2 rings (SSSR count). The normalized spacial score (nSPS) is 10.3. The molecule has 1 aromatic heterocycles. The van der Waals surface area contributed by atoms with Crippen LogP contribution in [-0.2, 0) is 6.61 Å². The molecule has 0 radical (unpaired) electrons. The Balaban J connectivity index is 2.15. The van der Waals surface area contributed by atoms with Crippen LogP contribution in [0.5, 0.6) is 11.6 Å². The minimum atomic E-state index is 0.442. The Morgan fingerprint density at radius 1 is 1.21 bits per heavy atom. The molecule has 1 aromatic carbocycles. The molecule has 2 aromatic rings. The van der Waals surface area contributed by atoms with Crippen LogP contribution in [0.1, 0.15) is 16.7 Å². The Labute approximate surface area is 121 Å². The van der Waals surface area contributed by atoms with Crippen LogP contribution in [0.25, 0.3) is 0 Å². The summed E-state index contributed by atoms with van der Waals surface area (Å²) >= 11 is 3.55. The number of rotatable bonds is 4. The lowest BCUT2D eigenvalue weighted by Gasteiger charge is -2.11. The Kier molecular flexibility index (Phi) is 4.43. The summed E-state index contributed by atoms with van der Waals surface area (Å²) < 4.78 is 12.1. The van der Waals surface area contributed by atoms with E-state index in [4.69, 9.17) is 9.47 Å². The molecule has 3 nitrogen and oxygen atoms in total. The molecule has 0 saturated carbocycles. The second-order valence-electron chi connectivity index (χ2n) is 4.33. The second-order valence-corrected chi connectivity index (χ2v) is 5.12. The summed E-state index contributed by atoms with van der Waals surface area (Å²) in [6, 6.07) is 7.85. The van der Waals surface area contributed by atoms with E-state index in [1.165, 1.54) is 0 Å². The van der Waals surface area contributed by atoms with E-state index < -0.39 is 0 Å². The molecule has 0 amide bonds. The Hall–Kier alpha value is -1.55. The average Bonchev–Trinajstić information content (AvgIpc) is 2.42. The number of halogens is 1. The molecule has 0 aliphatic heterocycles. The van der Waals surface area contributed by atoms with Gasteiger partial charge in [-0.15, -0.1) is 0 Å². The van der Waals surface area contributed by atoms with Crippen LogP contribution in [0.3, 0.4) is 0 Å². The minimum Gasteiger partial charge on any atom is -0.489 e. The third-order valence-corrected chi connectivity index (χ3v) is 4.10. The fourth-order valence-corrected chi connectivity index (χ4v) is 2.10. The van der Waals surface area contributed by atoms with E-state index in [2.05, 4.69) is 34.8 Å². The lowest BCUT2D eigenvalue weighted by atomic mass is 10.1. The fourth-order valence-electron chi connectivity index (χ4n) is 1.87. The lowest BCUT2D eigenvalue weighted by Crippen LogP contribution is -2.00. The van der Waals surface area contributed by atoms with E-state index in [-0.39, 0.29) is 0 Å². The standard InChI is InChI=1S/C15H16BrNO2/c1-10-7-13(8-11(2)14(10)16)19-9-12-5-4-6-17-15(12)18-3/h4-8H,9H2,1-3H3. The van der Waals surface area contributed by atoms with Gasteiger partial charge in [0.05, 0.1) is 12.7 Å². The molecule has 0 aliphatic carbocycles. The molecule has 0 aliphatic rings. The molecule has 19 heavy (non-hydrogen) atoms. The predicted octanol–water partition coefficient (Wildman–Crippen LogP) is 4.05. The van der Waals surface area contributed by atoms with Crippen LogP contribution in [0.2, 0.25) is 0 Å². The van der Waals surface area contributed by atoms with Crippen molar-refractivity contribution in [2.24, 2.45) is 0 Å². The highest BCUT2D eigenvalue weighted by atomic mass is 79.9. The van der Waals surface area contributed by atoms with Crippen LogP contribution < -0.4 is 9.47 Å². The molecule has 4 heteroatoms. The summed E-state index contributed by atoms with van der Waals surface area (Å²) in [6.07, 6.45) is 1.70. The Morgan fingerprint density at radius 3 is 2.53 bits per heavy atom. The molecule has 0 atom stereocenters. The van der Waals surface area contributed by atoms with Gasteiger partial charge in [-0.1, -0.05) is 15.9 Å². The zero-order chi connectivity index (χ0) is 13.8. The van der Waals surface area contributed by atoms with Crippen molar-refractivity contribution in [1.29, 1.82) is 0 Å². The number of hydrogen-bond acceptors (Lipinski definition) is 3. The van der Waals surface area contributed by atoms with Gasteiger partial charge in [0.15, 0.2) is 0 Å². The van der Waals surface area contributed by atoms with Crippen LogP contribution in [0.15, 0.2) is 34.9 Å². The first-order valence-corrected chi connectivity index (χ1v) is 6.78. The van der Waals surface area contributed by atoms with Gasteiger partial charge in [-0.25, -0.2) is 4.98 Å². The fraction of sp³-hybridized carbons (Fsp3) is 0.267. The quantitative estimate of drug-likeness (QED) is 0.851. The van der Waals surface area contributed by atoms with Gasteiger partial charge in [-0.05, 0) is 49.2 Å². The van der Waals surface area contributed by atoms with E-state index in [0.717, 1.165) is 26.9 Å². The van der Waals surface area contributed by atoms with Gasteiger partial charge in [0, 0.05) is 10.7 Å². The van der Waals surface area contributed by atoms with Crippen molar-refractivity contribution >= 4 is 15.9 Å². The first-order valence-electron chi connectivity index (χ1n) is 5.99. The zero-order valence-electron chi connectivity index (χ0n) is 11.2. The highest BCUT2D eigenvalue weighted by Crippen LogP contribution is 2.27. The third kappa shape index (κ3) is 3.26. The minimum absolute atomic E-state index is 0.442. The molecule has 1 heterocycles. The first-order chi connectivity index (χ1) is 9.11. The van der Waals surface area contributed by atoms with E-state index in [1.54, 1.807) is 13.3 Å². The maximum absolute atomic E-state index is 5.81. The Bertz CT molecular complexity index is 561. The first kappa shape index (κ1) is 13.9. The number of methoxy groups -OCH3 is 1. The van der Waals surface area contributed by atoms with Gasteiger partial charge in [-0.3, -0.25) is 0 Å². The highest BCUT2D eigenvalue weighted by Gasteiger charge is 2.06. The van der Waals surface area contributed by atoms with Gasteiger partial charge in [0.2, 0.25) is 5.88 Å². The number of pyridine rings is 1. The number of ether oxygens (including phenoxy) is 2. The van der Waals surface area contributed by atoms with Crippen molar-refractivity contribution in [3.8, 4) is 11.6 Å². The van der Waals surface area contributed by atoms with Crippen LogP contribution >= 0.6 is 15.9 Å². The van der Waals surface area contributed by atoms with Gasteiger partial charge < -0.3 is 9.47 Å². The molecule has 0 bridgehead atoms. The zero-order valence-corrected chi connectivity index (χ0v) is 12.8. The van der Waals surface area contributed by atoms with Gasteiger partial charge in [0.1, 0.15) is 12.4 Å². The Morgan fingerprint density at radius 2 is 1.89 bits per heavy atom. The van der Waals surface area contributed by atoms with Crippen molar-refractivity contribution < 1.29 is 9.47 Å². The third-order valence-electron chi connectivity index (χ3n) is 2.85. The predicted molar refractivity (Wildman–Crippen MR) is 78.7 cm³/mol. The molecule has 100 valence electrons. The number of nitrogens with zero attached hydrogens (tertiary/aromatic N) is 1. The monoisotopic (exact) mass is 321 g/mol. The summed E-state index contributed by atoms with van der Waals surface area (Å²) in [5, 5.41) is 0. The van der Waals surface area contributed by atoms with E-state index in [0.29, 0.717) is 12.5 Å². The van der Waals surface area contributed by atoms with Crippen molar-refractivity contribution in [2.45, 2.75) is 20.5 Å². The molecular weight excluding hydrogens is 306 g/mol. The van der Waals surface area contributed by atoms with Crippen molar-refractivity contribution in [3.63, 3.8) is 0 Å². The van der Waals surface area contributed by atoms with Crippen LogP contribution in [-0.4, -0.2) is 12.1 Å². The maximum atomic E-state index is 5.81. The van der Waals surface area contributed by atoms with E-state index >= 15 is 0 Å². The lowest BCUT2D eigenvalue weighted by molar-refractivity contribution is 0.293. The van der Waals surface area contributed by atoms with Crippen molar-refractivity contribution in [1.82, 2.24) is 4.98 Å². The molecule has 0 N–H and O–H groups in total. The van der Waals surface area contributed by atoms with E-state index in [1.807, 2.05) is 24.3 Å². The number of benzene rings is 1. The second kappa shape index (κ2) is 6.06. The largest absolute Gasteiger partial charge is 0.489 e. The molecule has 0 fully saturated rings. The summed E-state index contributed by atoms with van der Waals surface area (Å²) in [7, 11) is 1.61. The summed E-state index contributed by atoms with van der Waals surface area (Å²) in [5.74, 6) is 1.46. The summed E-state index contributed by atoms with van der Waals surface area (Å²) in [4.78, 5) is 4.15. The number of hydrogen-bond donors (Lipinski definition) is 0. The summed E-state index contributed by atoms with van der Waals surface area (Å²) in [6.45, 7) is 4.54. The molecular formula is C15H16BrNO2. The smallest absolute Gasteiger partial charge is 0.219 e. The van der Waals surface area contributed by atoms with Crippen LogP contribution in [0.4, 0.5) is 0 Å². The SMILES string of the molecule is COc1ncccc1COc1cc(C)c(Br)c(C)c1. The van der Waals surface area contributed by atoms with Gasteiger partial charge in [0.25, 0.3) is 0 Å².